The number of hydrogen-bond acceptors (Lipinski definition) is 4. The maximum Gasteiger partial charge on any atom is 0.347 e. The lowest BCUT2D eigenvalue weighted by molar-refractivity contribution is -0.151. The lowest BCUT2D eigenvalue weighted by atomic mass is 10.2. The lowest BCUT2D eigenvalue weighted by Crippen LogP contribution is -2.29. The van der Waals surface area contributed by atoms with Gasteiger partial charge in [0.15, 0.2) is 6.10 Å². The monoisotopic (exact) mass is 279 g/mol. The van der Waals surface area contributed by atoms with Crippen molar-refractivity contribution in [2.24, 2.45) is 0 Å². The van der Waals surface area contributed by atoms with Crippen molar-refractivity contribution in [2.75, 3.05) is 11.9 Å². The van der Waals surface area contributed by atoms with Gasteiger partial charge in [-0.1, -0.05) is 25.5 Å². The number of esters is 1. The van der Waals surface area contributed by atoms with E-state index in [1.807, 2.05) is 6.92 Å². The van der Waals surface area contributed by atoms with Crippen LogP contribution in [0.5, 0.6) is 5.75 Å². The average molecular weight is 279 g/mol. The number of rotatable bonds is 7. The number of amides is 1. The van der Waals surface area contributed by atoms with Gasteiger partial charge in [-0.2, -0.15) is 0 Å². The highest BCUT2D eigenvalue weighted by atomic mass is 16.6. The third-order valence-corrected chi connectivity index (χ3v) is 2.57. The van der Waals surface area contributed by atoms with Gasteiger partial charge in [0.1, 0.15) is 5.75 Å². The predicted molar refractivity (Wildman–Crippen MR) is 76.7 cm³/mol. The molecule has 1 N–H and O–H groups in total. The van der Waals surface area contributed by atoms with Gasteiger partial charge < -0.3 is 14.8 Å². The van der Waals surface area contributed by atoms with Gasteiger partial charge >= 0.3 is 5.97 Å². The smallest absolute Gasteiger partial charge is 0.347 e. The first-order valence-corrected chi connectivity index (χ1v) is 6.78. The van der Waals surface area contributed by atoms with Crippen molar-refractivity contribution < 1.29 is 19.1 Å². The van der Waals surface area contributed by atoms with E-state index in [1.165, 1.54) is 6.92 Å². The fourth-order valence-electron chi connectivity index (χ4n) is 1.74. The Balaban J connectivity index is 2.87. The van der Waals surface area contributed by atoms with E-state index < -0.39 is 6.10 Å². The quantitative estimate of drug-likeness (QED) is 0.779. The van der Waals surface area contributed by atoms with Gasteiger partial charge in [-0.3, -0.25) is 4.79 Å². The van der Waals surface area contributed by atoms with Gasteiger partial charge in [0.2, 0.25) is 5.91 Å². The number of para-hydroxylation sites is 2. The molecule has 0 spiro atoms. The summed E-state index contributed by atoms with van der Waals surface area (Å²) < 4.78 is 10.7. The molecular weight excluding hydrogens is 258 g/mol. The van der Waals surface area contributed by atoms with E-state index in [9.17, 15) is 9.59 Å². The molecule has 0 aromatic heterocycles. The van der Waals surface area contributed by atoms with Crippen molar-refractivity contribution in [1.29, 1.82) is 0 Å². The predicted octanol–water partition coefficient (Wildman–Crippen LogP) is 2.76. The summed E-state index contributed by atoms with van der Waals surface area (Å²) in [4.78, 5) is 23.0. The van der Waals surface area contributed by atoms with Crippen molar-refractivity contribution in [3.63, 3.8) is 0 Å². The van der Waals surface area contributed by atoms with Crippen molar-refractivity contribution >= 4 is 17.6 Å². The number of benzene rings is 1. The highest BCUT2D eigenvalue weighted by Gasteiger charge is 2.22. The highest BCUT2D eigenvalue weighted by molar-refractivity contribution is 5.90. The largest absolute Gasteiger partial charge is 0.477 e. The SMILES string of the molecule is CCCC(Oc1ccccc1NC(C)=O)C(=O)OCC. The molecule has 0 saturated heterocycles. The summed E-state index contributed by atoms with van der Waals surface area (Å²) in [5.74, 6) is -0.106. The molecule has 0 radical (unpaired) electrons. The molecular formula is C15H21NO4. The van der Waals surface area contributed by atoms with E-state index in [0.29, 0.717) is 24.5 Å². The van der Waals surface area contributed by atoms with E-state index in [2.05, 4.69) is 5.32 Å². The highest BCUT2D eigenvalue weighted by Crippen LogP contribution is 2.26. The molecule has 0 fully saturated rings. The summed E-state index contributed by atoms with van der Waals surface area (Å²) >= 11 is 0. The molecule has 5 nitrogen and oxygen atoms in total. The van der Waals surface area contributed by atoms with Gasteiger partial charge in [-0.25, -0.2) is 4.79 Å². The molecule has 1 rings (SSSR count). The second-order valence-corrected chi connectivity index (χ2v) is 4.32. The zero-order chi connectivity index (χ0) is 15.0. The van der Waals surface area contributed by atoms with Crippen LogP contribution in [-0.4, -0.2) is 24.6 Å². The molecule has 1 aromatic carbocycles. The Labute approximate surface area is 119 Å². The van der Waals surface area contributed by atoms with Crippen LogP contribution in [0.1, 0.15) is 33.6 Å². The summed E-state index contributed by atoms with van der Waals surface area (Å²) in [6.07, 6.45) is 0.703. The molecule has 0 bridgehead atoms. The van der Waals surface area contributed by atoms with Gasteiger partial charge in [0.25, 0.3) is 0 Å². The van der Waals surface area contributed by atoms with Gasteiger partial charge in [0.05, 0.1) is 12.3 Å². The molecule has 0 aliphatic heterocycles. The maximum absolute atomic E-state index is 11.8. The number of anilines is 1. The number of hydrogen-bond donors (Lipinski definition) is 1. The van der Waals surface area contributed by atoms with Crippen LogP contribution in [0.4, 0.5) is 5.69 Å². The zero-order valence-electron chi connectivity index (χ0n) is 12.1. The fraction of sp³-hybridized carbons (Fsp3) is 0.467. The molecule has 1 amide bonds. The molecule has 0 heterocycles. The first-order chi connectivity index (χ1) is 9.58. The summed E-state index contributed by atoms with van der Waals surface area (Å²) in [5.41, 5.74) is 0.547. The minimum atomic E-state index is -0.658. The Bertz CT molecular complexity index is 459. The van der Waals surface area contributed by atoms with Gasteiger partial charge in [-0.15, -0.1) is 0 Å². The molecule has 0 aliphatic rings. The maximum atomic E-state index is 11.8. The fourth-order valence-corrected chi connectivity index (χ4v) is 1.74. The van der Waals surface area contributed by atoms with Gasteiger partial charge in [-0.05, 0) is 25.5 Å². The molecule has 5 heteroatoms. The Hall–Kier alpha value is -2.04. The molecule has 1 atom stereocenters. The van der Waals surface area contributed by atoms with E-state index >= 15 is 0 Å². The van der Waals surface area contributed by atoms with Crippen LogP contribution in [0.2, 0.25) is 0 Å². The normalized spacial score (nSPS) is 11.6. The Morgan fingerprint density at radius 3 is 2.55 bits per heavy atom. The number of carbonyl (C=O) groups is 2. The Morgan fingerprint density at radius 1 is 1.25 bits per heavy atom. The number of nitrogens with one attached hydrogen (secondary N) is 1. The first-order valence-electron chi connectivity index (χ1n) is 6.78. The van der Waals surface area contributed by atoms with E-state index in [-0.39, 0.29) is 11.9 Å². The number of ether oxygens (including phenoxy) is 2. The molecule has 110 valence electrons. The zero-order valence-corrected chi connectivity index (χ0v) is 12.1. The Kier molecular flexibility index (Phi) is 6.56. The second kappa shape index (κ2) is 8.19. The van der Waals surface area contributed by atoms with Crippen LogP contribution in [0.3, 0.4) is 0 Å². The van der Waals surface area contributed by atoms with Crippen LogP contribution in [-0.2, 0) is 14.3 Å². The summed E-state index contributed by atoms with van der Waals surface area (Å²) in [5, 5.41) is 2.68. The van der Waals surface area contributed by atoms with Crippen LogP contribution >= 0.6 is 0 Å². The summed E-state index contributed by atoms with van der Waals surface area (Å²) in [6, 6.07) is 7.02. The summed E-state index contributed by atoms with van der Waals surface area (Å²) in [6.45, 7) is 5.46. The first kappa shape index (κ1) is 16.0. The molecule has 1 unspecified atom stereocenters. The van der Waals surface area contributed by atoms with Crippen LogP contribution in [0.15, 0.2) is 24.3 Å². The van der Waals surface area contributed by atoms with E-state index in [1.54, 1.807) is 31.2 Å². The Morgan fingerprint density at radius 2 is 1.95 bits per heavy atom. The van der Waals surface area contributed by atoms with E-state index in [4.69, 9.17) is 9.47 Å². The third-order valence-electron chi connectivity index (χ3n) is 2.57. The van der Waals surface area contributed by atoms with Crippen LogP contribution < -0.4 is 10.1 Å². The third kappa shape index (κ3) is 4.91. The second-order valence-electron chi connectivity index (χ2n) is 4.32. The van der Waals surface area contributed by atoms with Gasteiger partial charge in [0, 0.05) is 6.92 Å². The van der Waals surface area contributed by atoms with Crippen molar-refractivity contribution in [2.45, 2.75) is 39.7 Å². The molecule has 1 aromatic rings. The standard InChI is InChI=1S/C15H21NO4/c1-4-8-14(15(18)19-5-2)20-13-10-7-6-9-12(13)16-11(3)17/h6-7,9-10,14H,4-5,8H2,1-3H3,(H,16,17). The van der Waals surface area contributed by atoms with Crippen molar-refractivity contribution in [1.82, 2.24) is 0 Å². The van der Waals surface area contributed by atoms with E-state index in [0.717, 1.165) is 6.42 Å². The number of carbonyl (C=O) groups excluding carboxylic acids is 2. The minimum absolute atomic E-state index is 0.191. The molecule has 0 saturated carbocycles. The van der Waals surface area contributed by atoms with Crippen molar-refractivity contribution in [3.05, 3.63) is 24.3 Å². The van der Waals surface area contributed by atoms with Crippen LogP contribution in [0.25, 0.3) is 0 Å². The lowest BCUT2D eigenvalue weighted by Gasteiger charge is -2.19. The average Bonchev–Trinajstić information content (AvgIpc) is 2.40. The van der Waals surface area contributed by atoms with Crippen LogP contribution in [0, 0.1) is 0 Å². The van der Waals surface area contributed by atoms with Crippen molar-refractivity contribution in [3.8, 4) is 5.75 Å². The topological polar surface area (TPSA) is 64.6 Å². The molecule has 20 heavy (non-hydrogen) atoms. The minimum Gasteiger partial charge on any atom is -0.477 e. The molecule has 0 aliphatic carbocycles. The summed E-state index contributed by atoms with van der Waals surface area (Å²) in [7, 11) is 0.